The van der Waals surface area contributed by atoms with Gasteiger partial charge in [-0.3, -0.25) is 9.59 Å². The summed E-state index contributed by atoms with van der Waals surface area (Å²) in [6.07, 6.45) is 2.45. The first-order valence-corrected chi connectivity index (χ1v) is 10.6. The molecule has 1 aromatic carbocycles. The molecular weight excluding hydrogens is 410 g/mol. The third-order valence-electron chi connectivity index (χ3n) is 5.26. The van der Waals surface area contributed by atoms with Crippen molar-refractivity contribution in [2.24, 2.45) is 5.92 Å². The molecule has 0 saturated carbocycles. The molecule has 3 rings (SSSR count). The van der Waals surface area contributed by atoms with Crippen LogP contribution in [0.15, 0.2) is 43.0 Å². The lowest BCUT2D eigenvalue weighted by atomic mass is 9.96. The van der Waals surface area contributed by atoms with Gasteiger partial charge in [-0.25, -0.2) is 14.8 Å². The Bertz CT molecular complexity index is 998. The highest BCUT2D eigenvalue weighted by molar-refractivity contribution is 6.05. The Hall–Kier alpha value is -3.55. The second-order valence-electron chi connectivity index (χ2n) is 7.43. The van der Waals surface area contributed by atoms with Gasteiger partial charge in [-0.1, -0.05) is 43.0 Å². The number of piperidine rings is 1. The number of likely N-dealkylation sites (tertiary alicyclic amines) is 1. The van der Waals surface area contributed by atoms with Gasteiger partial charge in [-0.15, -0.1) is 0 Å². The zero-order chi connectivity index (χ0) is 23.1. The maximum absolute atomic E-state index is 13.4. The molecule has 1 fully saturated rings. The fourth-order valence-corrected chi connectivity index (χ4v) is 3.62. The highest BCUT2D eigenvalue weighted by atomic mass is 16.5. The van der Waals surface area contributed by atoms with Crippen LogP contribution in [0.4, 0.5) is 0 Å². The third kappa shape index (κ3) is 5.19. The van der Waals surface area contributed by atoms with E-state index in [2.05, 4.69) is 16.5 Å². The monoisotopic (exact) mass is 437 g/mol. The molecule has 1 aliphatic rings. The van der Waals surface area contributed by atoms with Crippen LogP contribution in [0.5, 0.6) is 0 Å². The minimum absolute atomic E-state index is 0.0000000262. The van der Waals surface area contributed by atoms with Gasteiger partial charge < -0.3 is 14.4 Å². The average Bonchev–Trinajstić information content (AvgIpc) is 2.82. The molecule has 8 nitrogen and oxygen atoms in total. The van der Waals surface area contributed by atoms with Crippen LogP contribution in [0.3, 0.4) is 0 Å². The van der Waals surface area contributed by atoms with Gasteiger partial charge in [0.05, 0.1) is 18.2 Å². The minimum Gasteiger partial charge on any atom is -0.466 e. The number of amides is 1. The van der Waals surface area contributed by atoms with E-state index >= 15 is 0 Å². The SMILES string of the molecule is C=CCOC(=O)c1c(C)nc(-c2ccccc2)nc1C(=O)N1CCC(C(=O)OCC)CC1. The second kappa shape index (κ2) is 10.7. The molecule has 0 spiro atoms. The van der Waals surface area contributed by atoms with Gasteiger partial charge in [-0.2, -0.15) is 0 Å². The van der Waals surface area contributed by atoms with Gasteiger partial charge in [0.25, 0.3) is 5.91 Å². The summed E-state index contributed by atoms with van der Waals surface area (Å²) in [7, 11) is 0. The Labute approximate surface area is 187 Å². The summed E-state index contributed by atoms with van der Waals surface area (Å²) >= 11 is 0. The number of nitrogens with zero attached hydrogens (tertiary/aromatic N) is 3. The highest BCUT2D eigenvalue weighted by Crippen LogP contribution is 2.24. The molecule has 32 heavy (non-hydrogen) atoms. The molecule has 0 N–H and O–H groups in total. The molecule has 0 aliphatic carbocycles. The summed E-state index contributed by atoms with van der Waals surface area (Å²) in [5.74, 6) is -1.18. The standard InChI is InChI=1S/C24H27N3O5/c1-4-15-32-24(30)19-16(3)25-21(17-9-7-6-8-10-17)26-20(19)22(28)27-13-11-18(12-14-27)23(29)31-5-2/h4,6-10,18H,1,5,11-15H2,2-3H3. The Kier molecular flexibility index (Phi) is 7.70. The van der Waals surface area contributed by atoms with Crippen molar-refractivity contribution in [1.29, 1.82) is 0 Å². The third-order valence-corrected chi connectivity index (χ3v) is 5.26. The quantitative estimate of drug-likeness (QED) is 0.484. The number of carbonyl (C=O) groups excluding carboxylic acids is 3. The van der Waals surface area contributed by atoms with E-state index in [4.69, 9.17) is 9.47 Å². The number of hydrogen-bond donors (Lipinski definition) is 0. The van der Waals surface area contributed by atoms with Crippen molar-refractivity contribution in [3.8, 4) is 11.4 Å². The van der Waals surface area contributed by atoms with Crippen LogP contribution in [-0.4, -0.2) is 59.0 Å². The molecule has 0 atom stereocenters. The molecule has 1 saturated heterocycles. The number of rotatable bonds is 7. The van der Waals surface area contributed by atoms with E-state index in [0.29, 0.717) is 44.1 Å². The first kappa shape index (κ1) is 23.1. The van der Waals surface area contributed by atoms with Crippen LogP contribution < -0.4 is 0 Å². The summed E-state index contributed by atoms with van der Waals surface area (Å²) < 4.78 is 10.3. The zero-order valence-electron chi connectivity index (χ0n) is 18.4. The largest absolute Gasteiger partial charge is 0.466 e. The number of aromatic nitrogens is 2. The van der Waals surface area contributed by atoms with Crippen molar-refractivity contribution in [2.75, 3.05) is 26.3 Å². The Balaban J connectivity index is 1.92. The molecule has 2 heterocycles. The van der Waals surface area contributed by atoms with Gasteiger partial charge in [0.1, 0.15) is 17.9 Å². The number of esters is 2. The van der Waals surface area contributed by atoms with E-state index in [1.807, 2.05) is 30.3 Å². The Morgan fingerprint density at radius 3 is 2.44 bits per heavy atom. The van der Waals surface area contributed by atoms with Gasteiger partial charge in [-0.05, 0) is 26.7 Å². The minimum atomic E-state index is -0.674. The van der Waals surface area contributed by atoms with Crippen molar-refractivity contribution in [3.63, 3.8) is 0 Å². The molecule has 1 aliphatic heterocycles. The average molecular weight is 437 g/mol. The van der Waals surface area contributed by atoms with E-state index in [9.17, 15) is 14.4 Å². The highest BCUT2D eigenvalue weighted by Gasteiger charge is 2.32. The first-order valence-electron chi connectivity index (χ1n) is 10.6. The van der Waals surface area contributed by atoms with E-state index in [0.717, 1.165) is 5.56 Å². The van der Waals surface area contributed by atoms with Crippen LogP contribution in [0.2, 0.25) is 0 Å². The molecule has 168 valence electrons. The number of hydrogen-bond acceptors (Lipinski definition) is 7. The van der Waals surface area contributed by atoms with Crippen molar-refractivity contribution in [3.05, 3.63) is 59.9 Å². The molecule has 0 radical (unpaired) electrons. The van der Waals surface area contributed by atoms with Crippen LogP contribution in [0.25, 0.3) is 11.4 Å². The predicted molar refractivity (Wildman–Crippen MR) is 118 cm³/mol. The molecule has 2 aromatic rings. The normalized spacial score (nSPS) is 14.0. The lowest BCUT2D eigenvalue weighted by Crippen LogP contribution is -2.41. The first-order chi connectivity index (χ1) is 15.5. The van der Waals surface area contributed by atoms with Crippen molar-refractivity contribution in [1.82, 2.24) is 14.9 Å². The van der Waals surface area contributed by atoms with E-state index in [1.165, 1.54) is 6.08 Å². The van der Waals surface area contributed by atoms with Gasteiger partial charge in [0.15, 0.2) is 5.82 Å². The maximum atomic E-state index is 13.4. The van der Waals surface area contributed by atoms with E-state index < -0.39 is 5.97 Å². The van der Waals surface area contributed by atoms with Gasteiger partial charge in [0.2, 0.25) is 0 Å². The van der Waals surface area contributed by atoms with Crippen molar-refractivity contribution in [2.45, 2.75) is 26.7 Å². The second-order valence-corrected chi connectivity index (χ2v) is 7.43. The number of ether oxygens (including phenoxy) is 2. The van der Waals surface area contributed by atoms with Crippen LogP contribution in [0.1, 0.15) is 46.3 Å². The molecule has 0 bridgehead atoms. The lowest BCUT2D eigenvalue weighted by Gasteiger charge is -2.31. The molecule has 8 heteroatoms. The fraction of sp³-hybridized carbons (Fsp3) is 0.375. The van der Waals surface area contributed by atoms with E-state index in [-0.39, 0.29) is 35.7 Å². The topological polar surface area (TPSA) is 98.7 Å². The molecular formula is C24H27N3O5. The zero-order valence-corrected chi connectivity index (χ0v) is 18.4. The summed E-state index contributed by atoms with van der Waals surface area (Å²) in [4.78, 5) is 48.7. The number of carbonyl (C=O) groups is 3. The summed E-state index contributed by atoms with van der Waals surface area (Å²) in [5, 5.41) is 0. The van der Waals surface area contributed by atoms with E-state index in [1.54, 1.807) is 18.7 Å². The van der Waals surface area contributed by atoms with Gasteiger partial charge in [0, 0.05) is 18.7 Å². The Morgan fingerprint density at radius 1 is 1.12 bits per heavy atom. The number of benzene rings is 1. The van der Waals surface area contributed by atoms with Crippen LogP contribution in [-0.2, 0) is 14.3 Å². The summed E-state index contributed by atoms with van der Waals surface area (Å²) in [5.41, 5.74) is 1.14. The number of aryl methyl sites for hydroxylation is 1. The lowest BCUT2D eigenvalue weighted by molar-refractivity contribution is -0.149. The predicted octanol–water partition coefficient (Wildman–Crippen LogP) is 3.21. The smallest absolute Gasteiger partial charge is 0.342 e. The molecule has 1 aromatic heterocycles. The summed E-state index contributed by atoms with van der Waals surface area (Å²) in [6, 6.07) is 9.24. The fourth-order valence-electron chi connectivity index (χ4n) is 3.62. The van der Waals surface area contributed by atoms with Crippen LogP contribution >= 0.6 is 0 Å². The molecule has 0 unspecified atom stereocenters. The van der Waals surface area contributed by atoms with Crippen molar-refractivity contribution >= 4 is 17.8 Å². The maximum Gasteiger partial charge on any atom is 0.342 e. The molecule has 1 amide bonds. The summed E-state index contributed by atoms with van der Waals surface area (Å²) in [6.45, 7) is 8.05. The van der Waals surface area contributed by atoms with Crippen LogP contribution in [0, 0.1) is 12.8 Å². The van der Waals surface area contributed by atoms with Gasteiger partial charge >= 0.3 is 11.9 Å². The Morgan fingerprint density at radius 2 is 1.81 bits per heavy atom. The van der Waals surface area contributed by atoms with Crippen molar-refractivity contribution < 1.29 is 23.9 Å².